The van der Waals surface area contributed by atoms with Crippen LogP contribution in [0.5, 0.6) is 0 Å². The van der Waals surface area contributed by atoms with Crippen LogP contribution < -0.4 is 5.32 Å². The lowest BCUT2D eigenvalue weighted by molar-refractivity contribution is 0.206. The SMILES string of the molecule is CC1(NCc2ccccc2F)CCC1. The molecule has 76 valence electrons. The molecule has 0 saturated heterocycles. The Morgan fingerprint density at radius 2 is 2.07 bits per heavy atom. The van der Waals surface area contributed by atoms with Crippen molar-refractivity contribution in [2.45, 2.75) is 38.3 Å². The van der Waals surface area contributed by atoms with E-state index in [0.29, 0.717) is 6.54 Å². The summed E-state index contributed by atoms with van der Waals surface area (Å²) in [5.41, 5.74) is 1.02. The maximum Gasteiger partial charge on any atom is 0.127 e. The van der Waals surface area contributed by atoms with Crippen molar-refractivity contribution in [3.05, 3.63) is 35.6 Å². The minimum Gasteiger partial charge on any atom is -0.307 e. The highest BCUT2D eigenvalue weighted by Crippen LogP contribution is 2.31. The Morgan fingerprint density at radius 1 is 1.36 bits per heavy atom. The summed E-state index contributed by atoms with van der Waals surface area (Å²) in [6.45, 7) is 2.85. The van der Waals surface area contributed by atoms with Gasteiger partial charge in [0.15, 0.2) is 0 Å². The van der Waals surface area contributed by atoms with Gasteiger partial charge in [0.2, 0.25) is 0 Å². The van der Waals surface area contributed by atoms with Crippen LogP contribution in [-0.2, 0) is 6.54 Å². The van der Waals surface area contributed by atoms with Crippen molar-refractivity contribution in [2.75, 3.05) is 0 Å². The molecule has 0 amide bonds. The second-order valence-electron chi connectivity index (χ2n) is 4.36. The first-order valence-corrected chi connectivity index (χ1v) is 5.18. The fourth-order valence-electron chi connectivity index (χ4n) is 1.83. The summed E-state index contributed by atoms with van der Waals surface area (Å²) in [4.78, 5) is 0. The van der Waals surface area contributed by atoms with Crippen LogP contribution in [0.4, 0.5) is 4.39 Å². The Labute approximate surface area is 84.3 Å². The summed E-state index contributed by atoms with van der Waals surface area (Å²) in [7, 11) is 0. The lowest BCUT2D eigenvalue weighted by Gasteiger charge is -2.39. The summed E-state index contributed by atoms with van der Waals surface area (Å²) in [5, 5.41) is 3.41. The third kappa shape index (κ3) is 1.95. The molecule has 0 unspecified atom stereocenters. The van der Waals surface area contributed by atoms with Crippen molar-refractivity contribution in [3.63, 3.8) is 0 Å². The first-order valence-electron chi connectivity index (χ1n) is 5.18. The lowest BCUT2D eigenvalue weighted by Crippen LogP contribution is -2.47. The van der Waals surface area contributed by atoms with Gasteiger partial charge in [0.05, 0.1) is 0 Å². The maximum atomic E-state index is 13.2. The van der Waals surface area contributed by atoms with Crippen molar-refractivity contribution in [1.82, 2.24) is 5.32 Å². The van der Waals surface area contributed by atoms with Gasteiger partial charge >= 0.3 is 0 Å². The van der Waals surface area contributed by atoms with E-state index < -0.39 is 0 Å². The van der Waals surface area contributed by atoms with Crippen LogP contribution in [0.25, 0.3) is 0 Å². The van der Waals surface area contributed by atoms with Gasteiger partial charge in [0, 0.05) is 17.6 Å². The molecule has 1 nitrogen and oxygen atoms in total. The van der Waals surface area contributed by atoms with Gasteiger partial charge in [-0.3, -0.25) is 0 Å². The number of hydrogen-bond donors (Lipinski definition) is 1. The summed E-state index contributed by atoms with van der Waals surface area (Å²) in [5.74, 6) is -0.108. The van der Waals surface area contributed by atoms with Gasteiger partial charge in [-0.15, -0.1) is 0 Å². The maximum absolute atomic E-state index is 13.2. The van der Waals surface area contributed by atoms with E-state index in [-0.39, 0.29) is 11.4 Å². The molecule has 1 aliphatic rings. The molecular weight excluding hydrogens is 177 g/mol. The van der Waals surface area contributed by atoms with Crippen LogP contribution >= 0.6 is 0 Å². The summed E-state index contributed by atoms with van der Waals surface area (Å²) >= 11 is 0. The van der Waals surface area contributed by atoms with Gasteiger partial charge in [-0.2, -0.15) is 0 Å². The first kappa shape index (κ1) is 9.66. The van der Waals surface area contributed by atoms with Crippen LogP contribution in [-0.4, -0.2) is 5.54 Å². The average molecular weight is 193 g/mol. The molecule has 0 aliphatic heterocycles. The first-order chi connectivity index (χ1) is 6.70. The number of rotatable bonds is 3. The lowest BCUT2D eigenvalue weighted by atomic mass is 9.78. The van der Waals surface area contributed by atoms with Crippen LogP contribution in [0.3, 0.4) is 0 Å². The third-order valence-electron chi connectivity index (χ3n) is 3.12. The van der Waals surface area contributed by atoms with Gasteiger partial charge in [-0.05, 0) is 32.3 Å². The molecule has 14 heavy (non-hydrogen) atoms. The van der Waals surface area contributed by atoms with Crippen LogP contribution in [0.1, 0.15) is 31.7 Å². The Kier molecular flexibility index (Phi) is 2.55. The highest BCUT2D eigenvalue weighted by Gasteiger charge is 2.30. The molecule has 0 aromatic heterocycles. The predicted molar refractivity (Wildman–Crippen MR) is 55.5 cm³/mol. The monoisotopic (exact) mass is 193 g/mol. The Morgan fingerprint density at radius 3 is 2.64 bits per heavy atom. The molecule has 1 aromatic rings. The normalized spacial score (nSPS) is 19.0. The highest BCUT2D eigenvalue weighted by molar-refractivity contribution is 5.17. The van der Waals surface area contributed by atoms with Crippen LogP contribution in [0.2, 0.25) is 0 Å². The fourth-order valence-corrected chi connectivity index (χ4v) is 1.83. The van der Waals surface area contributed by atoms with E-state index in [9.17, 15) is 4.39 Å². The van der Waals surface area contributed by atoms with Gasteiger partial charge in [0.25, 0.3) is 0 Å². The van der Waals surface area contributed by atoms with E-state index in [1.54, 1.807) is 6.07 Å². The predicted octanol–water partition coefficient (Wildman–Crippen LogP) is 2.86. The molecule has 1 N–H and O–H groups in total. The molecule has 1 fully saturated rings. The Bertz CT molecular complexity index is 318. The fraction of sp³-hybridized carbons (Fsp3) is 0.500. The average Bonchev–Trinajstić information content (AvgIpc) is 2.14. The molecule has 0 radical (unpaired) electrons. The molecule has 0 bridgehead atoms. The molecular formula is C12H16FN. The van der Waals surface area contributed by atoms with Gasteiger partial charge in [0.1, 0.15) is 5.82 Å². The number of hydrogen-bond acceptors (Lipinski definition) is 1. The Hall–Kier alpha value is -0.890. The van der Waals surface area contributed by atoms with Crippen LogP contribution in [0.15, 0.2) is 24.3 Å². The van der Waals surface area contributed by atoms with E-state index >= 15 is 0 Å². The van der Waals surface area contributed by atoms with E-state index in [2.05, 4.69) is 12.2 Å². The molecule has 1 saturated carbocycles. The molecule has 0 spiro atoms. The summed E-state index contributed by atoms with van der Waals surface area (Å²) in [6, 6.07) is 6.96. The molecule has 1 aromatic carbocycles. The standard InChI is InChI=1S/C12H16FN/c1-12(7-4-8-12)14-9-10-5-2-3-6-11(10)13/h2-3,5-6,14H,4,7-9H2,1H3. The summed E-state index contributed by atoms with van der Waals surface area (Å²) in [6.07, 6.45) is 3.71. The Balaban J connectivity index is 1.95. The second kappa shape index (κ2) is 3.70. The zero-order chi connectivity index (χ0) is 10.0. The van der Waals surface area contributed by atoms with Gasteiger partial charge in [-0.25, -0.2) is 4.39 Å². The molecule has 0 heterocycles. The van der Waals surface area contributed by atoms with E-state index in [0.717, 1.165) is 5.56 Å². The summed E-state index contributed by atoms with van der Waals surface area (Å²) < 4.78 is 13.2. The van der Waals surface area contributed by atoms with E-state index in [1.807, 2.05) is 12.1 Å². The molecule has 2 heteroatoms. The second-order valence-corrected chi connectivity index (χ2v) is 4.36. The zero-order valence-electron chi connectivity index (χ0n) is 8.52. The molecule has 1 aliphatic carbocycles. The number of benzene rings is 1. The highest BCUT2D eigenvalue weighted by atomic mass is 19.1. The molecule has 0 atom stereocenters. The quantitative estimate of drug-likeness (QED) is 0.778. The van der Waals surface area contributed by atoms with Crippen molar-refractivity contribution in [1.29, 1.82) is 0 Å². The van der Waals surface area contributed by atoms with Crippen LogP contribution in [0, 0.1) is 5.82 Å². The van der Waals surface area contributed by atoms with Gasteiger partial charge < -0.3 is 5.32 Å². The van der Waals surface area contributed by atoms with E-state index in [1.165, 1.54) is 25.3 Å². The van der Waals surface area contributed by atoms with Crippen molar-refractivity contribution in [2.24, 2.45) is 0 Å². The van der Waals surface area contributed by atoms with Crippen molar-refractivity contribution >= 4 is 0 Å². The third-order valence-corrected chi connectivity index (χ3v) is 3.12. The topological polar surface area (TPSA) is 12.0 Å². The number of halogens is 1. The van der Waals surface area contributed by atoms with E-state index in [4.69, 9.17) is 0 Å². The largest absolute Gasteiger partial charge is 0.307 e. The minimum absolute atomic E-state index is 0.108. The van der Waals surface area contributed by atoms with Crippen molar-refractivity contribution in [3.8, 4) is 0 Å². The zero-order valence-corrected chi connectivity index (χ0v) is 8.52. The van der Waals surface area contributed by atoms with Crippen molar-refractivity contribution < 1.29 is 4.39 Å². The number of nitrogens with one attached hydrogen (secondary N) is 1. The van der Waals surface area contributed by atoms with Gasteiger partial charge in [-0.1, -0.05) is 18.2 Å². The minimum atomic E-state index is -0.108. The smallest absolute Gasteiger partial charge is 0.127 e. The molecule has 2 rings (SSSR count).